The summed E-state index contributed by atoms with van der Waals surface area (Å²) in [6.45, 7) is 1.68. The second-order valence-electron chi connectivity index (χ2n) is 5.33. The summed E-state index contributed by atoms with van der Waals surface area (Å²) in [5, 5.41) is 2.60. The Hall–Kier alpha value is -2.89. The lowest BCUT2D eigenvalue weighted by molar-refractivity contribution is -0.136. The molecule has 0 aliphatic carbocycles. The van der Waals surface area contributed by atoms with Gasteiger partial charge in [-0.3, -0.25) is 9.78 Å². The number of halogens is 3. The number of nitrogens with zero attached hydrogens (tertiary/aromatic N) is 1. The van der Waals surface area contributed by atoms with E-state index < -0.39 is 17.6 Å². The molecular formula is C18H13F3N2O. The van der Waals surface area contributed by atoms with Crippen molar-refractivity contribution in [2.45, 2.75) is 13.1 Å². The van der Waals surface area contributed by atoms with Crippen molar-refractivity contribution in [2.24, 2.45) is 0 Å². The molecule has 24 heavy (non-hydrogen) atoms. The lowest BCUT2D eigenvalue weighted by atomic mass is 10.1. The van der Waals surface area contributed by atoms with Crippen molar-refractivity contribution in [2.75, 3.05) is 5.32 Å². The molecular weight excluding hydrogens is 317 g/mol. The summed E-state index contributed by atoms with van der Waals surface area (Å²) < 4.78 is 39.5. The Kier molecular flexibility index (Phi) is 3.97. The number of pyridine rings is 1. The zero-order valence-electron chi connectivity index (χ0n) is 12.7. The second kappa shape index (κ2) is 5.96. The Balaban J connectivity index is 2.09. The molecule has 2 aromatic carbocycles. The number of aryl methyl sites for hydroxylation is 1. The lowest BCUT2D eigenvalue weighted by Gasteiger charge is -2.14. The van der Waals surface area contributed by atoms with E-state index in [-0.39, 0.29) is 16.6 Å². The molecule has 0 bridgehead atoms. The van der Waals surface area contributed by atoms with Crippen LogP contribution in [0.25, 0.3) is 10.9 Å². The first-order valence-corrected chi connectivity index (χ1v) is 7.20. The van der Waals surface area contributed by atoms with Crippen molar-refractivity contribution in [1.29, 1.82) is 0 Å². The SMILES string of the molecule is Cc1ccc2c(C(F)(F)F)ccc(NC(=O)c3ccccc3)c2n1. The first-order valence-electron chi connectivity index (χ1n) is 7.20. The molecule has 1 heterocycles. The summed E-state index contributed by atoms with van der Waals surface area (Å²) >= 11 is 0. The number of fused-ring (bicyclic) bond motifs is 1. The van der Waals surface area contributed by atoms with Crippen molar-refractivity contribution >= 4 is 22.5 Å². The van der Waals surface area contributed by atoms with E-state index >= 15 is 0 Å². The molecule has 122 valence electrons. The summed E-state index contributed by atoms with van der Waals surface area (Å²) in [7, 11) is 0. The third kappa shape index (κ3) is 3.08. The van der Waals surface area contributed by atoms with Crippen LogP contribution in [0.1, 0.15) is 21.6 Å². The quantitative estimate of drug-likeness (QED) is 0.732. The van der Waals surface area contributed by atoms with Crippen molar-refractivity contribution in [3.63, 3.8) is 0 Å². The van der Waals surface area contributed by atoms with Gasteiger partial charge in [0.05, 0.1) is 16.8 Å². The minimum atomic E-state index is -4.49. The van der Waals surface area contributed by atoms with Crippen LogP contribution in [0.3, 0.4) is 0 Å². The van der Waals surface area contributed by atoms with E-state index in [4.69, 9.17) is 0 Å². The normalized spacial score (nSPS) is 11.5. The number of alkyl halides is 3. The van der Waals surface area contributed by atoms with Gasteiger partial charge in [0.1, 0.15) is 0 Å². The smallest absolute Gasteiger partial charge is 0.320 e. The van der Waals surface area contributed by atoms with Gasteiger partial charge in [-0.2, -0.15) is 13.2 Å². The molecule has 3 aromatic rings. The molecule has 0 saturated heterocycles. The van der Waals surface area contributed by atoms with Gasteiger partial charge in [0.15, 0.2) is 0 Å². The summed E-state index contributed by atoms with van der Waals surface area (Å²) in [5.74, 6) is -0.403. The van der Waals surface area contributed by atoms with Gasteiger partial charge < -0.3 is 5.32 Å². The molecule has 0 saturated carbocycles. The van der Waals surface area contributed by atoms with Crippen molar-refractivity contribution in [3.05, 3.63) is 71.4 Å². The number of carbonyl (C=O) groups is 1. The van der Waals surface area contributed by atoms with Crippen LogP contribution < -0.4 is 5.32 Å². The third-order valence-corrected chi connectivity index (χ3v) is 3.59. The number of nitrogens with one attached hydrogen (secondary N) is 1. The Morgan fingerprint density at radius 1 is 1.00 bits per heavy atom. The molecule has 0 spiro atoms. The van der Waals surface area contributed by atoms with Gasteiger partial charge >= 0.3 is 6.18 Å². The monoisotopic (exact) mass is 330 g/mol. The van der Waals surface area contributed by atoms with E-state index in [0.717, 1.165) is 6.07 Å². The molecule has 1 N–H and O–H groups in total. The number of hydrogen-bond donors (Lipinski definition) is 1. The van der Waals surface area contributed by atoms with Crippen LogP contribution in [0.5, 0.6) is 0 Å². The maximum Gasteiger partial charge on any atom is 0.417 e. The molecule has 6 heteroatoms. The highest BCUT2D eigenvalue weighted by atomic mass is 19.4. The van der Waals surface area contributed by atoms with Crippen molar-refractivity contribution in [3.8, 4) is 0 Å². The van der Waals surface area contributed by atoms with Crippen LogP contribution in [-0.2, 0) is 6.18 Å². The number of hydrogen-bond acceptors (Lipinski definition) is 2. The van der Waals surface area contributed by atoms with E-state index in [1.807, 2.05) is 0 Å². The predicted molar refractivity (Wildman–Crippen MR) is 85.9 cm³/mol. The van der Waals surface area contributed by atoms with E-state index in [0.29, 0.717) is 11.3 Å². The number of benzene rings is 2. The van der Waals surface area contributed by atoms with Gasteiger partial charge in [-0.1, -0.05) is 24.3 Å². The van der Waals surface area contributed by atoms with E-state index in [2.05, 4.69) is 10.3 Å². The largest absolute Gasteiger partial charge is 0.417 e. The molecule has 1 amide bonds. The molecule has 0 atom stereocenters. The minimum Gasteiger partial charge on any atom is -0.320 e. The van der Waals surface area contributed by atoms with E-state index in [9.17, 15) is 18.0 Å². The van der Waals surface area contributed by atoms with Crippen molar-refractivity contribution in [1.82, 2.24) is 4.98 Å². The van der Waals surface area contributed by atoms with Crippen LogP contribution in [0.2, 0.25) is 0 Å². The fourth-order valence-corrected chi connectivity index (χ4v) is 2.45. The fourth-order valence-electron chi connectivity index (χ4n) is 2.45. The number of amides is 1. The fraction of sp³-hybridized carbons (Fsp3) is 0.111. The summed E-state index contributed by atoms with van der Waals surface area (Å²) in [5.41, 5.74) is 0.572. The molecule has 0 aliphatic heterocycles. The highest BCUT2D eigenvalue weighted by molar-refractivity contribution is 6.08. The number of carbonyl (C=O) groups excluding carboxylic acids is 1. The average Bonchev–Trinajstić information content (AvgIpc) is 2.55. The van der Waals surface area contributed by atoms with E-state index in [1.165, 1.54) is 18.2 Å². The summed E-state index contributed by atoms with van der Waals surface area (Å²) in [6.07, 6.45) is -4.49. The Morgan fingerprint density at radius 2 is 1.71 bits per heavy atom. The second-order valence-corrected chi connectivity index (χ2v) is 5.33. The molecule has 0 aliphatic rings. The molecule has 0 radical (unpaired) electrons. The van der Waals surface area contributed by atoms with Gasteiger partial charge in [0.25, 0.3) is 5.91 Å². The van der Waals surface area contributed by atoms with Crippen LogP contribution in [-0.4, -0.2) is 10.9 Å². The average molecular weight is 330 g/mol. The lowest BCUT2D eigenvalue weighted by Crippen LogP contribution is -2.13. The Bertz CT molecular complexity index is 905. The highest BCUT2D eigenvalue weighted by Gasteiger charge is 2.33. The summed E-state index contributed by atoms with van der Waals surface area (Å²) in [6, 6.07) is 13.5. The summed E-state index contributed by atoms with van der Waals surface area (Å²) in [4.78, 5) is 16.4. The maximum absolute atomic E-state index is 13.2. The highest BCUT2D eigenvalue weighted by Crippen LogP contribution is 2.37. The maximum atomic E-state index is 13.2. The van der Waals surface area contributed by atoms with Gasteiger partial charge in [-0.15, -0.1) is 0 Å². The zero-order chi connectivity index (χ0) is 17.3. The van der Waals surface area contributed by atoms with Crippen LogP contribution in [0.15, 0.2) is 54.6 Å². The Labute approximate surface area is 136 Å². The van der Waals surface area contributed by atoms with Crippen molar-refractivity contribution < 1.29 is 18.0 Å². The zero-order valence-corrected chi connectivity index (χ0v) is 12.7. The molecule has 3 rings (SSSR count). The predicted octanol–water partition coefficient (Wildman–Crippen LogP) is 4.81. The van der Waals surface area contributed by atoms with Gasteiger partial charge in [0, 0.05) is 16.6 Å². The standard InChI is InChI=1S/C18H13F3N2O/c1-11-7-8-13-14(18(19,20)21)9-10-15(16(13)22-11)23-17(24)12-5-3-2-4-6-12/h2-10H,1H3,(H,23,24). The molecule has 0 unspecified atom stereocenters. The van der Waals surface area contributed by atoms with Gasteiger partial charge in [-0.25, -0.2) is 0 Å². The number of rotatable bonds is 2. The van der Waals surface area contributed by atoms with Gasteiger partial charge in [0.2, 0.25) is 0 Å². The molecule has 1 aromatic heterocycles. The first kappa shape index (κ1) is 16.0. The Morgan fingerprint density at radius 3 is 2.38 bits per heavy atom. The van der Waals surface area contributed by atoms with Crippen LogP contribution in [0.4, 0.5) is 18.9 Å². The minimum absolute atomic E-state index is 0.0426. The molecule has 0 fully saturated rings. The van der Waals surface area contributed by atoms with Crippen LogP contribution in [0, 0.1) is 6.92 Å². The number of anilines is 1. The topological polar surface area (TPSA) is 42.0 Å². The van der Waals surface area contributed by atoms with Crippen LogP contribution >= 0.6 is 0 Å². The first-order chi connectivity index (χ1) is 11.4. The molecule has 3 nitrogen and oxygen atoms in total. The van der Waals surface area contributed by atoms with Gasteiger partial charge in [-0.05, 0) is 37.3 Å². The number of aromatic nitrogens is 1. The van der Waals surface area contributed by atoms with E-state index in [1.54, 1.807) is 37.3 Å². The third-order valence-electron chi connectivity index (χ3n) is 3.59.